The van der Waals surface area contributed by atoms with E-state index < -0.39 is 13.5 Å². The van der Waals surface area contributed by atoms with Gasteiger partial charge in [-0.2, -0.15) is 0 Å². The molecule has 6 nitrogen and oxygen atoms in total. The van der Waals surface area contributed by atoms with Crippen LogP contribution in [0.4, 0.5) is 8.78 Å². The fourth-order valence-electron chi connectivity index (χ4n) is 4.93. The first-order chi connectivity index (χ1) is 16.4. The van der Waals surface area contributed by atoms with Crippen LogP contribution >= 0.6 is 7.60 Å². The zero-order chi connectivity index (χ0) is 25.5. The summed E-state index contributed by atoms with van der Waals surface area (Å²) in [6.07, 6.45) is 2.56. The molecule has 1 fully saturated rings. The number of rotatable bonds is 6. The van der Waals surface area contributed by atoms with Gasteiger partial charge in [-0.25, -0.2) is 8.78 Å². The number of fused-ring (bicyclic) bond motifs is 1. The highest BCUT2D eigenvalue weighted by Gasteiger charge is 2.35. The molecule has 0 atom stereocenters. The summed E-state index contributed by atoms with van der Waals surface area (Å²) in [5.74, 6) is -2.66. The highest BCUT2D eigenvalue weighted by molar-refractivity contribution is 7.60. The number of carbonyl (C=O) groups is 1. The molecule has 4 rings (SSSR count). The van der Waals surface area contributed by atoms with Crippen molar-refractivity contribution in [3.63, 3.8) is 0 Å². The fraction of sp³-hybridized carbons (Fsp3) is 0.346. The zero-order valence-electron chi connectivity index (χ0n) is 19.7. The predicted octanol–water partition coefficient (Wildman–Crippen LogP) is 5.22. The topological polar surface area (TPSA) is 106 Å². The molecule has 0 amide bonds. The summed E-state index contributed by atoms with van der Waals surface area (Å²) in [7, 11) is -4.36. The van der Waals surface area contributed by atoms with Gasteiger partial charge in [0.05, 0.1) is 5.30 Å². The van der Waals surface area contributed by atoms with Crippen LogP contribution in [0.2, 0.25) is 0 Å². The average Bonchev–Trinajstić information content (AvgIpc) is 3.12. The molecule has 0 bridgehead atoms. The molecule has 186 valence electrons. The van der Waals surface area contributed by atoms with Gasteiger partial charge in [-0.1, -0.05) is 24.3 Å². The molecular weight excluding hydrogens is 473 g/mol. The second kappa shape index (κ2) is 9.34. The fourth-order valence-corrected chi connectivity index (χ4v) is 5.47. The number of nitrogens with two attached hydrogens (primary N) is 1. The lowest BCUT2D eigenvalue weighted by Gasteiger charge is -2.28. The molecule has 9 heteroatoms. The molecule has 0 aliphatic heterocycles. The number of allylic oxidation sites excluding steroid dienone is 2. The Balaban J connectivity index is 1.81. The third-order valence-electron chi connectivity index (χ3n) is 6.72. The number of aromatic nitrogens is 1. The average molecular weight is 502 g/mol. The van der Waals surface area contributed by atoms with Crippen LogP contribution in [-0.2, 0) is 15.9 Å². The lowest BCUT2D eigenvalue weighted by Crippen LogP contribution is -2.26. The first kappa shape index (κ1) is 25.3. The van der Waals surface area contributed by atoms with E-state index in [1.54, 1.807) is 19.1 Å². The third-order valence-corrected chi connectivity index (χ3v) is 7.69. The molecule has 1 aromatic heterocycles. The van der Waals surface area contributed by atoms with Gasteiger partial charge >= 0.3 is 7.60 Å². The van der Waals surface area contributed by atoms with E-state index >= 15 is 0 Å². The molecule has 35 heavy (non-hydrogen) atoms. The molecule has 0 saturated heterocycles. The number of carbonyl (C=O) groups excluding carboxylic acids is 1. The molecule has 1 aliphatic rings. The summed E-state index contributed by atoms with van der Waals surface area (Å²) in [5.41, 5.74) is 9.98. The smallest absolute Gasteiger partial charge is 0.356 e. The SMILES string of the molecule is CC(=O)C(=C(C)N)c1ccc2c(-c3ccc(P(=O)(O)O)cc3)cn(CC3CCC(F)(F)CC3)c2c1. The van der Waals surface area contributed by atoms with E-state index in [0.717, 1.165) is 22.0 Å². The van der Waals surface area contributed by atoms with Crippen molar-refractivity contribution in [2.75, 3.05) is 0 Å². The van der Waals surface area contributed by atoms with Gasteiger partial charge < -0.3 is 20.1 Å². The lowest BCUT2D eigenvalue weighted by molar-refractivity contribution is -0.111. The van der Waals surface area contributed by atoms with Gasteiger partial charge in [-0.3, -0.25) is 9.36 Å². The Morgan fingerprint density at radius 2 is 1.74 bits per heavy atom. The Kier molecular flexibility index (Phi) is 6.75. The summed E-state index contributed by atoms with van der Waals surface area (Å²) >= 11 is 0. The van der Waals surface area contributed by atoms with E-state index in [-0.39, 0.29) is 29.8 Å². The largest absolute Gasteiger partial charge is 0.402 e. The molecule has 2 aromatic carbocycles. The van der Waals surface area contributed by atoms with E-state index in [9.17, 15) is 27.9 Å². The van der Waals surface area contributed by atoms with Crippen molar-refractivity contribution in [2.45, 2.75) is 52.0 Å². The van der Waals surface area contributed by atoms with Gasteiger partial charge in [-0.05, 0) is 61.9 Å². The van der Waals surface area contributed by atoms with Gasteiger partial charge in [0, 0.05) is 53.3 Å². The minimum Gasteiger partial charge on any atom is -0.402 e. The molecular formula is C26H29F2N2O4P. The number of nitrogens with zero attached hydrogens (tertiary/aromatic N) is 1. The van der Waals surface area contributed by atoms with Crippen LogP contribution in [0.15, 0.2) is 54.4 Å². The highest BCUT2D eigenvalue weighted by atomic mass is 31.2. The molecule has 1 saturated carbocycles. The lowest BCUT2D eigenvalue weighted by atomic mass is 9.86. The zero-order valence-corrected chi connectivity index (χ0v) is 20.6. The molecule has 3 aromatic rings. The van der Waals surface area contributed by atoms with Crippen LogP contribution in [-0.4, -0.2) is 26.1 Å². The van der Waals surface area contributed by atoms with Crippen molar-refractivity contribution in [3.8, 4) is 11.1 Å². The van der Waals surface area contributed by atoms with Crippen molar-refractivity contribution in [1.29, 1.82) is 0 Å². The second-order valence-electron chi connectivity index (χ2n) is 9.43. The molecule has 0 unspecified atom stereocenters. The first-order valence-corrected chi connectivity index (χ1v) is 13.1. The Labute approximate surface area is 202 Å². The monoisotopic (exact) mass is 502 g/mol. The summed E-state index contributed by atoms with van der Waals surface area (Å²) in [5, 5.41) is 0.821. The minimum atomic E-state index is -4.36. The Hall–Kier alpha value is -2.80. The summed E-state index contributed by atoms with van der Waals surface area (Å²) in [6, 6.07) is 11.8. The number of ketones is 1. The molecule has 4 N–H and O–H groups in total. The second-order valence-corrected chi connectivity index (χ2v) is 11.0. The quantitative estimate of drug-likeness (QED) is 0.317. The van der Waals surface area contributed by atoms with Crippen molar-refractivity contribution in [1.82, 2.24) is 4.57 Å². The standard InChI is InChI=1S/C26H29F2N2O4P/c1-16(29)25(17(2)31)20-5-8-22-23(19-3-6-21(7-4-19)35(32,33)34)15-30(24(22)13-20)14-18-9-11-26(27,28)12-10-18/h3-8,13,15,18H,9-12,14,29H2,1-2H3,(H2,32,33,34). The van der Waals surface area contributed by atoms with Crippen LogP contribution in [0.3, 0.4) is 0 Å². The molecule has 0 spiro atoms. The summed E-state index contributed by atoms with van der Waals surface area (Å²) in [6.45, 7) is 3.69. The maximum absolute atomic E-state index is 13.7. The van der Waals surface area contributed by atoms with Crippen LogP contribution in [0, 0.1) is 5.92 Å². The van der Waals surface area contributed by atoms with E-state index in [4.69, 9.17) is 5.73 Å². The number of Topliss-reactive ketones (excluding diaryl/α,β-unsaturated/α-hetero) is 1. The Morgan fingerprint density at radius 3 is 2.29 bits per heavy atom. The van der Waals surface area contributed by atoms with E-state index in [1.807, 2.05) is 29.0 Å². The van der Waals surface area contributed by atoms with E-state index in [0.29, 0.717) is 36.2 Å². The van der Waals surface area contributed by atoms with Crippen LogP contribution in [0.1, 0.15) is 45.1 Å². The maximum Gasteiger partial charge on any atom is 0.356 e. The molecule has 1 aliphatic carbocycles. The van der Waals surface area contributed by atoms with Gasteiger partial charge in [0.15, 0.2) is 5.78 Å². The van der Waals surface area contributed by atoms with Crippen molar-refractivity contribution >= 4 is 35.2 Å². The Morgan fingerprint density at radius 1 is 1.11 bits per heavy atom. The normalized spacial score (nSPS) is 17.4. The number of hydrogen-bond acceptors (Lipinski definition) is 3. The number of hydrogen-bond donors (Lipinski definition) is 3. The van der Waals surface area contributed by atoms with E-state index in [1.165, 1.54) is 19.1 Å². The van der Waals surface area contributed by atoms with Crippen molar-refractivity contribution in [2.24, 2.45) is 11.7 Å². The third kappa shape index (κ3) is 5.40. The van der Waals surface area contributed by atoms with E-state index in [2.05, 4.69) is 0 Å². The number of halogens is 2. The number of alkyl halides is 2. The van der Waals surface area contributed by atoms with Gasteiger partial charge in [-0.15, -0.1) is 0 Å². The molecule has 1 heterocycles. The van der Waals surface area contributed by atoms with Crippen molar-refractivity contribution < 1.29 is 27.9 Å². The first-order valence-electron chi connectivity index (χ1n) is 11.5. The molecule has 0 radical (unpaired) electrons. The predicted molar refractivity (Wildman–Crippen MR) is 133 cm³/mol. The van der Waals surface area contributed by atoms with Gasteiger partial charge in [0.2, 0.25) is 5.92 Å². The van der Waals surface area contributed by atoms with Crippen LogP contribution in [0.25, 0.3) is 27.6 Å². The minimum absolute atomic E-state index is 0.0648. The van der Waals surface area contributed by atoms with Crippen LogP contribution < -0.4 is 11.0 Å². The summed E-state index contributed by atoms with van der Waals surface area (Å²) < 4.78 is 41.0. The number of benzene rings is 2. The maximum atomic E-state index is 13.7. The van der Waals surface area contributed by atoms with Gasteiger partial charge in [0.25, 0.3) is 0 Å². The highest BCUT2D eigenvalue weighted by Crippen LogP contribution is 2.39. The van der Waals surface area contributed by atoms with Gasteiger partial charge in [0.1, 0.15) is 0 Å². The van der Waals surface area contributed by atoms with Crippen molar-refractivity contribution in [3.05, 3.63) is 59.9 Å². The van der Waals surface area contributed by atoms with Crippen LogP contribution in [0.5, 0.6) is 0 Å². The summed E-state index contributed by atoms with van der Waals surface area (Å²) in [4.78, 5) is 31.1. The Bertz CT molecular complexity index is 1340.